The average Bonchev–Trinajstić information content (AvgIpc) is 3.80. The fourth-order valence-corrected chi connectivity index (χ4v) is 17.8. The summed E-state index contributed by atoms with van der Waals surface area (Å²) >= 11 is 0. The molecule has 0 aromatic heterocycles. The summed E-state index contributed by atoms with van der Waals surface area (Å²) < 4.78 is 0. The number of hydrogen-bond acceptors (Lipinski definition) is 2. The van der Waals surface area contributed by atoms with Crippen molar-refractivity contribution in [2.24, 2.45) is 0 Å². The van der Waals surface area contributed by atoms with Gasteiger partial charge in [0, 0.05) is 34.1 Å². The van der Waals surface area contributed by atoms with Crippen LogP contribution in [0.25, 0.3) is 33.0 Å². The molecular formula is C71H50N2Si. The number of benzene rings is 12. The molecule has 12 aromatic carbocycles. The molecule has 0 N–H and O–H groups in total. The molecule has 1 aliphatic heterocycles. The molecule has 74 heavy (non-hydrogen) atoms. The minimum atomic E-state index is -2.94. The summed E-state index contributed by atoms with van der Waals surface area (Å²) in [5, 5.41) is 7.92. The smallest absolute Gasteiger partial charge is 0.184 e. The lowest BCUT2D eigenvalue weighted by Crippen LogP contribution is -2.77. The third-order valence-corrected chi connectivity index (χ3v) is 20.6. The van der Waals surface area contributed by atoms with Crippen molar-refractivity contribution in [2.75, 3.05) is 9.80 Å². The zero-order valence-corrected chi connectivity index (χ0v) is 41.8. The van der Waals surface area contributed by atoms with Crippen LogP contribution in [0.5, 0.6) is 0 Å². The lowest BCUT2D eigenvalue weighted by atomic mass is 9.67. The summed E-state index contributed by atoms with van der Waals surface area (Å²) in [5.41, 5.74) is 16.2. The predicted molar refractivity (Wildman–Crippen MR) is 313 cm³/mol. The molecule has 2 nitrogen and oxygen atoms in total. The van der Waals surface area contributed by atoms with Crippen LogP contribution in [-0.2, 0) is 5.41 Å². The Morgan fingerprint density at radius 2 is 0.824 bits per heavy atom. The van der Waals surface area contributed by atoms with E-state index >= 15 is 0 Å². The lowest BCUT2D eigenvalue weighted by Gasteiger charge is -2.45. The Balaban J connectivity index is 1.04. The van der Waals surface area contributed by atoms with E-state index in [-0.39, 0.29) is 0 Å². The summed E-state index contributed by atoms with van der Waals surface area (Å²) in [5.74, 6) is 0. The average molecular weight is 959 g/mol. The molecule has 348 valence electrons. The van der Waals surface area contributed by atoms with Crippen LogP contribution in [0, 0.1) is 0 Å². The number of hydrogen-bond donors (Lipinski definition) is 0. The van der Waals surface area contributed by atoms with Gasteiger partial charge in [-0.2, -0.15) is 0 Å². The van der Waals surface area contributed by atoms with Gasteiger partial charge in [0.2, 0.25) is 0 Å². The highest BCUT2D eigenvalue weighted by atomic mass is 28.3. The number of nitrogens with zero attached hydrogens (tertiary/aromatic N) is 2. The van der Waals surface area contributed by atoms with E-state index in [1.165, 1.54) is 87.4 Å². The van der Waals surface area contributed by atoms with Gasteiger partial charge in [0.25, 0.3) is 0 Å². The molecule has 0 spiro atoms. The quantitative estimate of drug-likeness (QED) is 0.133. The standard InChI is InChI=1S/C71H50N2Si/c1-5-25-53(26-6-1)71(65-39-17-15-36-63(65)64-37-16-18-40-66(64)71)54-27-22-30-57(49-54)72(56-45-43-52(44-46-56)62-38-21-24-51-23-13-14-35-61(51)62)58-47-48-70-68(50-58)73(55-28-7-2-8-29-55)67-41-19-20-42-69(67)74(70,59-31-9-3-10-32-59)60-33-11-4-12-34-60/h1-50H. The van der Waals surface area contributed by atoms with Gasteiger partial charge < -0.3 is 9.80 Å². The normalized spacial score (nSPS) is 13.6. The van der Waals surface area contributed by atoms with Crippen LogP contribution < -0.4 is 30.5 Å². The molecule has 14 rings (SSSR count). The molecule has 0 fully saturated rings. The zero-order valence-electron chi connectivity index (χ0n) is 40.8. The van der Waals surface area contributed by atoms with E-state index in [1.54, 1.807) is 0 Å². The first-order chi connectivity index (χ1) is 36.7. The predicted octanol–water partition coefficient (Wildman–Crippen LogP) is 15.5. The fraction of sp³-hybridized carbons (Fsp3) is 0.0141. The molecule has 0 unspecified atom stereocenters. The Kier molecular flexibility index (Phi) is 10.5. The minimum absolute atomic E-state index is 0.561. The SMILES string of the molecule is c1ccc(N2c3ccccc3[Si](c3ccccc3)(c3ccccc3)c3ccc(N(c4ccc(-c5cccc6ccccc56)cc4)c4cccc(C5(c6ccccc6)c6ccccc6-c6ccccc65)c4)cc32)cc1. The first kappa shape index (κ1) is 43.5. The van der Waals surface area contributed by atoms with Crippen molar-refractivity contribution in [2.45, 2.75) is 5.41 Å². The Morgan fingerprint density at radius 1 is 0.324 bits per heavy atom. The topological polar surface area (TPSA) is 6.48 Å². The molecular weight excluding hydrogens is 909 g/mol. The van der Waals surface area contributed by atoms with E-state index in [4.69, 9.17) is 0 Å². The molecule has 0 saturated heterocycles. The highest BCUT2D eigenvalue weighted by Gasteiger charge is 2.49. The van der Waals surface area contributed by atoms with Crippen molar-refractivity contribution in [3.8, 4) is 22.3 Å². The molecule has 0 amide bonds. The number of anilines is 6. The second-order valence-corrected chi connectivity index (χ2v) is 23.3. The van der Waals surface area contributed by atoms with E-state index in [1.807, 2.05) is 0 Å². The maximum Gasteiger partial charge on any atom is 0.184 e. The molecule has 0 atom stereocenters. The van der Waals surface area contributed by atoms with E-state index in [0.29, 0.717) is 0 Å². The Bertz CT molecular complexity index is 3930. The fourth-order valence-electron chi connectivity index (χ4n) is 12.7. The van der Waals surface area contributed by atoms with Crippen LogP contribution in [0.2, 0.25) is 0 Å². The maximum atomic E-state index is 2.51. The summed E-state index contributed by atoms with van der Waals surface area (Å²) in [6.45, 7) is 0. The second-order valence-electron chi connectivity index (χ2n) is 19.5. The number of fused-ring (bicyclic) bond motifs is 6. The van der Waals surface area contributed by atoms with Crippen molar-refractivity contribution in [1.82, 2.24) is 0 Å². The number of para-hydroxylation sites is 2. The Morgan fingerprint density at radius 3 is 1.53 bits per heavy atom. The van der Waals surface area contributed by atoms with E-state index in [9.17, 15) is 0 Å². The van der Waals surface area contributed by atoms with E-state index in [0.717, 1.165) is 22.7 Å². The van der Waals surface area contributed by atoms with Gasteiger partial charge in [-0.1, -0.05) is 249 Å². The van der Waals surface area contributed by atoms with Gasteiger partial charge in [0.1, 0.15) is 0 Å². The van der Waals surface area contributed by atoms with Crippen LogP contribution in [-0.4, -0.2) is 8.07 Å². The van der Waals surface area contributed by atoms with Gasteiger partial charge in [-0.05, 0) is 131 Å². The summed E-state index contributed by atoms with van der Waals surface area (Å²) in [6.07, 6.45) is 0. The van der Waals surface area contributed by atoms with Gasteiger partial charge in [0.15, 0.2) is 8.07 Å². The first-order valence-electron chi connectivity index (χ1n) is 25.7. The van der Waals surface area contributed by atoms with Crippen molar-refractivity contribution in [1.29, 1.82) is 0 Å². The molecule has 0 saturated carbocycles. The van der Waals surface area contributed by atoms with Crippen molar-refractivity contribution >= 4 is 73.7 Å². The highest BCUT2D eigenvalue weighted by Crippen LogP contribution is 2.57. The van der Waals surface area contributed by atoms with Crippen LogP contribution in [0.4, 0.5) is 34.1 Å². The first-order valence-corrected chi connectivity index (χ1v) is 27.7. The molecule has 0 radical (unpaired) electrons. The van der Waals surface area contributed by atoms with E-state index in [2.05, 4.69) is 313 Å². The largest absolute Gasteiger partial charge is 0.311 e. The maximum absolute atomic E-state index is 2.94. The minimum Gasteiger partial charge on any atom is -0.311 e. The van der Waals surface area contributed by atoms with Crippen LogP contribution >= 0.6 is 0 Å². The molecule has 1 heterocycles. The Hall–Kier alpha value is -9.28. The van der Waals surface area contributed by atoms with Gasteiger partial charge in [-0.3, -0.25) is 0 Å². The lowest BCUT2D eigenvalue weighted by molar-refractivity contribution is 0.768. The van der Waals surface area contributed by atoms with Gasteiger partial charge in [-0.15, -0.1) is 0 Å². The monoisotopic (exact) mass is 958 g/mol. The Labute approximate surface area is 434 Å². The molecule has 3 heteroatoms. The molecule has 0 bridgehead atoms. The summed E-state index contributed by atoms with van der Waals surface area (Å²) in [7, 11) is -2.94. The summed E-state index contributed by atoms with van der Waals surface area (Å²) in [6, 6.07) is 113. The molecule has 12 aromatic rings. The van der Waals surface area contributed by atoms with Crippen LogP contribution in [0.1, 0.15) is 22.3 Å². The van der Waals surface area contributed by atoms with Crippen molar-refractivity contribution in [3.05, 3.63) is 326 Å². The van der Waals surface area contributed by atoms with Crippen molar-refractivity contribution < 1.29 is 0 Å². The number of rotatable bonds is 9. The highest BCUT2D eigenvalue weighted by molar-refractivity contribution is 7.21. The summed E-state index contributed by atoms with van der Waals surface area (Å²) in [4.78, 5) is 5.00. The molecule has 2 aliphatic rings. The second kappa shape index (κ2) is 17.8. The third kappa shape index (κ3) is 6.64. The van der Waals surface area contributed by atoms with Gasteiger partial charge >= 0.3 is 0 Å². The van der Waals surface area contributed by atoms with Gasteiger partial charge in [0.05, 0.1) is 5.41 Å². The van der Waals surface area contributed by atoms with Crippen molar-refractivity contribution in [3.63, 3.8) is 0 Å². The third-order valence-electron chi connectivity index (χ3n) is 15.8. The molecule has 1 aliphatic carbocycles. The van der Waals surface area contributed by atoms with E-state index < -0.39 is 13.5 Å². The zero-order chi connectivity index (χ0) is 49.1. The van der Waals surface area contributed by atoms with Crippen LogP contribution in [0.15, 0.2) is 303 Å². The van der Waals surface area contributed by atoms with Gasteiger partial charge in [-0.25, -0.2) is 0 Å². The van der Waals surface area contributed by atoms with Crippen LogP contribution in [0.3, 0.4) is 0 Å².